The predicted molar refractivity (Wildman–Crippen MR) is 47.8 cm³/mol. The Labute approximate surface area is 77.1 Å². The van der Waals surface area contributed by atoms with E-state index in [2.05, 4.69) is 5.10 Å². The Bertz CT molecular complexity index is 383. The highest BCUT2D eigenvalue weighted by Crippen LogP contribution is 2.02. The first-order valence-electron chi connectivity index (χ1n) is 3.61. The zero-order valence-corrected chi connectivity index (χ0v) is 8.32. The molecule has 7 heteroatoms. The summed E-state index contributed by atoms with van der Waals surface area (Å²) in [4.78, 5) is 0. The molecule has 0 radical (unpaired) electrons. The molecule has 0 saturated heterocycles. The van der Waals surface area contributed by atoms with Crippen molar-refractivity contribution in [2.45, 2.75) is 6.54 Å². The SMILES string of the molecule is CN(Cc1cnn(C)c1)S(N)(=O)=O. The topological polar surface area (TPSA) is 81.2 Å². The van der Waals surface area contributed by atoms with Crippen LogP contribution >= 0.6 is 0 Å². The molecule has 0 unspecified atom stereocenters. The lowest BCUT2D eigenvalue weighted by atomic mass is 10.4. The summed E-state index contributed by atoms with van der Waals surface area (Å²) < 4.78 is 24.3. The summed E-state index contributed by atoms with van der Waals surface area (Å²) >= 11 is 0. The van der Waals surface area contributed by atoms with Gasteiger partial charge in [-0.1, -0.05) is 0 Å². The largest absolute Gasteiger partial charge is 0.276 e. The van der Waals surface area contributed by atoms with E-state index < -0.39 is 10.2 Å². The van der Waals surface area contributed by atoms with Gasteiger partial charge in [-0.05, 0) is 0 Å². The molecule has 0 aliphatic rings. The Hall–Kier alpha value is -0.920. The van der Waals surface area contributed by atoms with Crippen LogP contribution in [0.5, 0.6) is 0 Å². The Morgan fingerprint density at radius 3 is 2.69 bits per heavy atom. The maximum Gasteiger partial charge on any atom is 0.276 e. The first-order chi connectivity index (χ1) is 5.89. The van der Waals surface area contributed by atoms with Crippen molar-refractivity contribution >= 4 is 10.2 Å². The minimum Gasteiger partial charge on any atom is -0.275 e. The lowest BCUT2D eigenvalue weighted by Crippen LogP contribution is -2.32. The van der Waals surface area contributed by atoms with E-state index >= 15 is 0 Å². The van der Waals surface area contributed by atoms with Crippen LogP contribution in [0.4, 0.5) is 0 Å². The zero-order chi connectivity index (χ0) is 10.1. The van der Waals surface area contributed by atoms with Gasteiger partial charge in [-0.15, -0.1) is 0 Å². The van der Waals surface area contributed by atoms with Crippen molar-refractivity contribution in [2.75, 3.05) is 7.05 Å². The molecule has 6 nitrogen and oxygen atoms in total. The van der Waals surface area contributed by atoms with Crippen LogP contribution in [-0.4, -0.2) is 29.6 Å². The number of rotatable bonds is 3. The molecule has 0 saturated carbocycles. The molecule has 1 aromatic heterocycles. The van der Waals surface area contributed by atoms with E-state index in [1.807, 2.05) is 0 Å². The molecule has 13 heavy (non-hydrogen) atoms. The lowest BCUT2D eigenvalue weighted by Gasteiger charge is -2.11. The fraction of sp³-hybridized carbons (Fsp3) is 0.500. The molecular formula is C6H12N4O2S. The van der Waals surface area contributed by atoms with Crippen molar-refractivity contribution in [1.82, 2.24) is 14.1 Å². The average molecular weight is 204 g/mol. The van der Waals surface area contributed by atoms with Crippen molar-refractivity contribution in [3.63, 3.8) is 0 Å². The predicted octanol–water partition coefficient (Wildman–Crippen LogP) is -0.945. The Balaban J connectivity index is 2.71. The van der Waals surface area contributed by atoms with Crippen LogP contribution in [0.15, 0.2) is 12.4 Å². The van der Waals surface area contributed by atoms with E-state index in [0.717, 1.165) is 9.87 Å². The summed E-state index contributed by atoms with van der Waals surface area (Å²) in [5.41, 5.74) is 0.805. The van der Waals surface area contributed by atoms with Gasteiger partial charge in [0.05, 0.1) is 6.20 Å². The molecular weight excluding hydrogens is 192 g/mol. The monoisotopic (exact) mass is 204 g/mol. The minimum absolute atomic E-state index is 0.243. The molecule has 74 valence electrons. The number of hydrogen-bond acceptors (Lipinski definition) is 3. The molecule has 0 aliphatic carbocycles. The highest BCUT2D eigenvalue weighted by molar-refractivity contribution is 7.86. The van der Waals surface area contributed by atoms with Crippen LogP contribution in [0.1, 0.15) is 5.56 Å². The highest BCUT2D eigenvalue weighted by atomic mass is 32.2. The third kappa shape index (κ3) is 2.79. The molecule has 0 spiro atoms. The molecule has 0 aliphatic heterocycles. The van der Waals surface area contributed by atoms with Gasteiger partial charge in [-0.3, -0.25) is 4.68 Å². The van der Waals surface area contributed by atoms with E-state index in [1.54, 1.807) is 24.1 Å². The smallest absolute Gasteiger partial charge is 0.275 e. The third-order valence-electron chi connectivity index (χ3n) is 1.60. The lowest BCUT2D eigenvalue weighted by molar-refractivity contribution is 0.468. The van der Waals surface area contributed by atoms with Crippen LogP contribution in [0.3, 0.4) is 0 Å². The fourth-order valence-corrected chi connectivity index (χ4v) is 1.23. The van der Waals surface area contributed by atoms with Crippen LogP contribution in [-0.2, 0) is 23.8 Å². The molecule has 0 amide bonds. The summed E-state index contributed by atoms with van der Waals surface area (Å²) in [7, 11) is -0.412. The number of nitrogens with two attached hydrogens (primary N) is 1. The summed E-state index contributed by atoms with van der Waals surface area (Å²) in [6.07, 6.45) is 3.34. The molecule has 2 N–H and O–H groups in total. The second-order valence-corrected chi connectivity index (χ2v) is 4.48. The molecule has 0 aromatic carbocycles. The molecule has 0 atom stereocenters. The second-order valence-electron chi connectivity index (χ2n) is 2.82. The second kappa shape index (κ2) is 3.44. The number of hydrogen-bond donors (Lipinski definition) is 1. The Kier molecular flexibility index (Phi) is 2.69. The van der Waals surface area contributed by atoms with Crippen LogP contribution in [0.2, 0.25) is 0 Å². The van der Waals surface area contributed by atoms with Crippen molar-refractivity contribution in [1.29, 1.82) is 0 Å². The first-order valence-corrected chi connectivity index (χ1v) is 5.11. The quantitative estimate of drug-likeness (QED) is 0.689. The van der Waals surface area contributed by atoms with Gasteiger partial charge in [0, 0.05) is 32.4 Å². The van der Waals surface area contributed by atoms with Crippen LogP contribution in [0, 0.1) is 0 Å². The van der Waals surface area contributed by atoms with E-state index in [1.165, 1.54) is 7.05 Å². The fourth-order valence-electron chi connectivity index (χ4n) is 0.901. The first kappa shape index (κ1) is 10.2. The standard InChI is InChI=1S/C6H12N4O2S/c1-9-4-6(3-8-9)5-10(2)13(7,11)12/h3-4H,5H2,1-2H3,(H2,7,11,12). The van der Waals surface area contributed by atoms with Gasteiger partial charge in [0.15, 0.2) is 0 Å². The number of aryl methyl sites for hydroxylation is 1. The van der Waals surface area contributed by atoms with E-state index in [4.69, 9.17) is 5.14 Å². The summed E-state index contributed by atoms with van der Waals surface area (Å²) in [5, 5.41) is 8.81. The Morgan fingerprint density at radius 1 is 1.69 bits per heavy atom. The van der Waals surface area contributed by atoms with E-state index in [-0.39, 0.29) is 6.54 Å². The van der Waals surface area contributed by atoms with Gasteiger partial charge in [-0.25, -0.2) is 5.14 Å². The number of aromatic nitrogens is 2. The van der Waals surface area contributed by atoms with Crippen molar-refractivity contribution in [2.24, 2.45) is 12.2 Å². The van der Waals surface area contributed by atoms with E-state index in [0.29, 0.717) is 0 Å². The van der Waals surface area contributed by atoms with Gasteiger partial charge < -0.3 is 0 Å². The molecule has 1 rings (SSSR count). The molecule has 1 heterocycles. The van der Waals surface area contributed by atoms with Crippen molar-refractivity contribution < 1.29 is 8.42 Å². The number of nitrogens with zero attached hydrogens (tertiary/aromatic N) is 3. The Morgan fingerprint density at radius 2 is 2.31 bits per heavy atom. The van der Waals surface area contributed by atoms with Crippen LogP contribution in [0.25, 0.3) is 0 Å². The zero-order valence-electron chi connectivity index (χ0n) is 7.51. The van der Waals surface area contributed by atoms with E-state index in [9.17, 15) is 8.42 Å². The van der Waals surface area contributed by atoms with Crippen LogP contribution < -0.4 is 5.14 Å². The maximum atomic E-state index is 10.8. The third-order valence-corrected chi connectivity index (χ3v) is 2.60. The van der Waals surface area contributed by atoms with Gasteiger partial charge >= 0.3 is 0 Å². The van der Waals surface area contributed by atoms with Gasteiger partial charge in [0.2, 0.25) is 0 Å². The molecule has 0 bridgehead atoms. The van der Waals surface area contributed by atoms with Crippen molar-refractivity contribution in [3.8, 4) is 0 Å². The minimum atomic E-state index is -3.60. The average Bonchev–Trinajstić information content (AvgIpc) is 2.33. The van der Waals surface area contributed by atoms with Gasteiger partial charge in [0.1, 0.15) is 0 Å². The summed E-state index contributed by atoms with van der Waals surface area (Å²) in [6, 6.07) is 0. The molecule has 1 aromatic rings. The summed E-state index contributed by atoms with van der Waals surface area (Å²) in [6.45, 7) is 0.243. The van der Waals surface area contributed by atoms with Gasteiger partial charge in [-0.2, -0.15) is 17.8 Å². The van der Waals surface area contributed by atoms with Gasteiger partial charge in [0.25, 0.3) is 10.2 Å². The van der Waals surface area contributed by atoms with Crippen molar-refractivity contribution in [3.05, 3.63) is 18.0 Å². The highest BCUT2D eigenvalue weighted by Gasteiger charge is 2.12. The maximum absolute atomic E-state index is 10.8. The molecule has 0 fully saturated rings. The summed E-state index contributed by atoms with van der Waals surface area (Å²) in [5.74, 6) is 0. The normalized spacial score (nSPS) is 12.3.